The molecular formula is C18H17ClN2. The molecule has 2 nitrogen and oxygen atoms in total. The highest BCUT2D eigenvalue weighted by molar-refractivity contribution is 6.21. The summed E-state index contributed by atoms with van der Waals surface area (Å²) in [6.07, 6.45) is 0. The molecule has 0 amide bonds. The number of alkyl halides is 1. The molecule has 3 aromatic rings. The zero-order valence-electron chi connectivity index (χ0n) is 11.9. The second kappa shape index (κ2) is 6.15. The summed E-state index contributed by atoms with van der Waals surface area (Å²) < 4.78 is 0. The Labute approximate surface area is 129 Å². The molecule has 0 aliphatic heterocycles. The molecule has 0 saturated heterocycles. The average Bonchev–Trinajstić information content (AvgIpc) is 2.53. The molecule has 0 radical (unpaired) electrons. The minimum absolute atomic E-state index is 0.0705. The number of aromatic nitrogens is 1. The van der Waals surface area contributed by atoms with Crippen LogP contribution < -0.4 is 5.32 Å². The first-order valence-corrected chi connectivity index (χ1v) is 7.47. The number of rotatable bonds is 4. The third kappa shape index (κ3) is 3.17. The van der Waals surface area contributed by atoms with E-state index in [-0.39, 0.29) is 5.38 Å². The largest absolute Gasteiger partial charge is 0.368 e. The van der Waals surface area contributed by atoms with Crippen LogP contribution in [0.5, 0.6) is 0 Å². The van der Waals surface area contributed by atoms with Crippen LogP contribution in [0, 0.1) is 6.92 Å². The second-order valence-corrected chi connectivity index (χ2v) is 5.63. The SMILES string of the molecule is Cc1cc2ccccc2nc1NCC(Cl)c1ccccc1. The van der Waals surface area contributed by atoms with E-state index in [1.165, 1.54) is 0 Å². The van der Waals surface area contributed by atoms with Crippen molar-refractivity contribution >= 4 is 28.3 Å². The number of nitrogens with one attached hydrogen (secondary N) is 1. The molecule has 1 atom stereocenters. The van der Waals surface area contributed by atoms with Crippen molar-refractivity contribution in [3.63, 3.8) is 0 Å². The van der Waals surface area contributed by atoms with Crippen LogP contribution in [-0.2, 0) is 0 Å². The highest BCUT2D eigenvalue weighted by Crippen LogP contribution is 2.23. The molecule has 2 aromatic carbocycles. The Kier molecular flexibility index (Phi) is 4.07. The van der Waals surface area contributed by atoms with E-state index < -0.39 is 0 Å². The minimum Gasteiger partial charge on any atom is -0.368 e. The van der Waals surface area contributed by atoms with Crippen molar-refractivity contribution in [1.29, 1.82) is 0 Å². The van der Waals surface area contributed by atoms with Crippen molar-refractivity contribution in [2.75, 3.05) is 11.9 Å². The fourth-order valence-corrected chi connectivity index (χ4v) is 2.59. The van der Waals surface area contributed by atoms with E-state index in [0.29, 0.717) is 6.54 Å². The summed E-state index contributed by atoms with van der Waals surface area (Å²) in [7, 11) is 0. The maximum Gasteiger partial charge on any atom is 0.129 e. The zero-order valence-corrected chi connectivity index (χ0v) is 12.6. The van der Waals surface area contributed by atoms with Crippen LogP contribution in [0.15, 0.2) is 60.7 Å². The molecule has 0 saturated carbocycles. The first-order valence-electron chi connectivity index (χ1n) is 7.03. The first kappa shape index (κ1) is 13.9. The Morgan fingerprint density at radius 3 is 2.57 bits per heavy atom. The van der Waals surface area contributed by atoms with Crippen molar-refractivity contribution in [1.82, 2.24) is 4.98 Å². The molecule has 3 rings (SSSR count). The lowest BCUT2D eigenvalue weighted by molar-refractivity contribution is 0.966. The number of nitrogens with zero attached hydrogens (tertiary/aromatic N) is 1. The Morgan fingerprint density at radius 1 is 1.05 bits per heavy atom. The van der Waals surface area contributed by atoms with E-state index in [1.54, 1.807) is 0 Å². The van der Waals surface area contributed by atoms with Gasteiger partial charge >= 0.3 is 0 Å². The topological polar surface area (TPSA) is 24.9 Å². The fraction of sp³-hybridized carbons (Fsp3) is 0.167. The van der Waals surface area contributed by atoms with Gasteiger partial charge in [0.25, 0.3) is 0 Å². The standard InChI is InChI=1S/C18H17ClN2/c1-13-11-15-9-5-6-10-17(15)21-18(13)20-12-16(19)14-7-3-2-4-8-14/h2-11,16H,12H2,1H3,(H,20,21). The number of hydrogen-bond acceptors (Lipinski definition) is 2. The van der Waals surface area contributed by atoms with Crippen LogP contribution in [0.25, 0.3) is 10.9 Å². The molecule has 1 N–H and O–H groups in total. The molecule has 3 heteroatoms. The third-order valence-corrected chi connectivity index (χ3v) is 3.93. The maximum absolute atomic E-state index is 6.44. The first-order chi connectivity index (χ1) is 10.2. The number of aryl methyl sites for hydroxylation is 1. The lowest BCUT2D eigenvalue weighted by atomic mass is 10.1. The number of anilines is 1. The highest BCUT2D eigenvalue weighted by atomic mass is 35.5. The Balaban J connectivity index is 1.77. The molecule has 0 aliphatic carbocycles. The zero-order chi connectivity index (χ0) is 14.7. The normalized spacial score (nSPS) is 12.3. The van der Waals surface area contributed by atoms with Crippen molar-refractivity contribution in [2.45, 2.75) is 12.3 Å². The Bertz CT molecular complexity index is 741. The van der Waals surface area contributed by atoms with Gasteiger partial charge in [0.2, 0.25) is 0 Å². The average molecular weight is 297 g/mol. The summed E-state index contributed by atoms with van der Waals surface area (Å²) in [5.41, 5.74) is 3.24. The smallest absolute Gasteiger partial charge is 0.129 e. The molecule has 1 heterocycles. The third-order valence-electron chi connectivity index (χ3n) is 3.52. The van der Waals surface area contributed by atoms with Crippen LogP contribution in [0.1, 0.15) is 16.5 Å². The van der Waals surface area contributed by atoms with Crippen molar-refractivity contribution in [2.24, 2.45) is 0 Å². The molecule has 0 spiro atoms. The van der Waals surface area contributed by atoms with E-state index in [1.807, 2.05) is 48.5 Å². The van der Waals surface area contributed by atoms with E-state index in [0.717, 1.165) is 27.8 Å². The van der Waals surface area contributed by atoms with Gasteiger partial charge < -0.3 is 5.32 Å². The van der Waals surface area contributed by atoms with Crippen molar-refractivity contribution in [3.8, 4) is 0 Å². The lowest BCUT2D eigenvalue weighted by Crippen LogP contribution is -2.10. The number of para-hydroxylation sites is 1. The van der Waals surface area contributed by atoms with Gasteiger partial charge in [-0.3, -0.25) is 0 Å². The van der Waals surface area contributed by atoms with Crippen LogP contribution >= 0.6 is 11.6 Å². The summed E-state index contributed by atoms with van der Waals surface area (Å²) in [5, 5.41) is 4.45. The second-order valence-electron chi connectivity index (χ2n) is 5.11. The van der Waals surface area contributed by atoms with Crippen LogP contribution in [-0.4, -0.2) is 11.5 Å². The van der Waals surface area contributed by atoms with Gasteiger partial charge in [-0.2, -0.15) is 0 Å². The number of benzene rings is 2. The molecule has 0 bridgehead atoms. The van der Waals surface area contributed by atoms with Crippen LogP contribution in [0.2, 0.25) is 0 Å². The molecule has 0 aliphatic rings. The maximum atomic E-state index is 6.44. The summed E-state index contributed by atoms with van der Waals surface area (Å²) in [6, 6.07) is 20.4. The van der Waals surface area contributed by atoms with Gasteiger partial charge in [0, 0.05) is 11.9 Å². The Morgan fingerprint density at radius 2 is 1.76 bits per heavy atom. The number of halogens is 1. The van der Waals surface area contributed by atoms with E-state index in [4.69, 9.17) is 11.6 Å². The lowest BCUT2D eigenvalue weighted by Gasteiger charge is -2.14. The number of pyridine rings is 1. The summed E-state index contributed by atoms with van der Waals surface area (Å²) in [5.74, 6) is 0.898. The van der Waals surface area contributed by atoms with Gasteiger partial charge in [-0.05, 0) is 30.2 Å². The minimum atomic E-state index is -0.0705. The molecule has 21 heavy (non-hydrogen) atoms. The van der Waals surface area contributed by atoms with Gasteiger partial charge in [-0.25, -0.2) is 4.98 Å². The van der Waals surface area contributed by atoms with Crippen molar-refractivity contribution in [3.05, 3.63) is 71.8 Å². The van der Waals surface area contributed by atoms with Crippen LogP contribution in [0.4, 0.5) is 5.82 Å². The highest BCUT2D eigenvalue weighted by Gasteiger charge is 2.09. The monoisotopic (exact) mass is 296 g/mol. The predicted octanol–water partition coefficient (Wildman–Crippen LogP) is 4.94. The van der Waals surface area contributed by atoms with Crippen molar-refractivity contribution < 1.29 is 0 Å². The van der Waals surface area contributed by atoms with E-state index in [9.17, 15) is 0 Å². The molecular weight excluding hydrogens is 280 g/mol. The van der Waals surface area contributed by atoms with E-state index in [2.05, 4.69) is 29.4 Å². The van der Waals surface area contributed by atoms with Gasteiger partial charge in [0.05, 0.1) is 10.9 Å². The molecule has 0 fully saturated rings. The predicted molar refractivity (Wildman–Crippen MR) is 90.0 cm³/mol. The van der Waals surface area contributed by atoms with Crippen LogP contribution in [0.3, 0.4) is 0 Å². The molecule has 106 valence electrons. The van der Waals surface area contributed by atoms with E-state index >= 15 is 0 Å². The van der Waals surface area contributed by atoms with Gasteiger partial charge in [-0.15, -0.1) is 11.6 Å². The molecule has 1 aromatic heterocycles. The Hall–Kier alpha value is -2.06. The van der Waals surface area contributed by atoms with Gasteiger partial charge in [-0.1, -0.05) is 48.5 Å². The fourth-order valence-electron chi connectivity index (χ4n) is 2.37. The van der Waals surface area contributed by atoms with Gasteiger partial charge in [0.1, 0.15) is 5.82 Å². The number of fused-ring (bicyclic) bond motifs is 1. The summed E-state index contributed by atoms with van der Waals surface area (Å²) in [4.78, 5) is 4.67. The van der Waals surface area contributed by atoms with Gasteiger partial charge in [0.15, 0.2) is 0 Å². The summed E-state index contributed by atoms with van der Waals surface area (Å²) in [6.45, 7) is 2.71. The summed E-state index contributed by atoms with van der Waals surface area (Å²) >= 11 is 6.44. The quantitative estimate of drug-likeness (QED) is 0.690. The molecule has 1 unspecified atom stereocenters. The number of hydrogen-bond donors (Lipinski definition) is 1.